The number of amides is 3. The molecule has 12 nitrogen and oxygen atoms in total. The van der Waals surface area contributed by atoms with Gasteiger partial charge in [0.05, 0.1) is 29.0 Å². The highest BCUT2D eigenvalue weighted by atomic mass is 16.5. The average Bonchev–Trinajstić information content (AvgIpc) is 3.44. The predicted octanol–water partition coefficient (Wildman–Crippen LogP) is 4.55. The van der Waals surface area contributed by atoms with Crippen LogP contribution in [-0.4, -0.2) is 61.2 Å². The summed E-state index contributed by atoms with van der Waals surface area (Å²) in [6.45, 7) is 2.80. The van der Waals surface area contributed by atoms with Crippen LogP contribution in [0.4, 0.5) is 16.3 Å². The number of urea groups is 1. The molecule has 0 bridgehead atoms. The van der Waals surface area contributed by atoms with Gasteiger partial charge in [0.15, 0.2) is 5.65 Å². The normalized spacial score (nSPS) is 16.3. The molecule has 5 heterocycles. The molecule has 3 N–H and O–H groups in total. The number of para-hydroxylation sites is 1. The van der Waals surface area contributed by atoms with Crippen LogP contribution in [0, 0.1) is 0 Å². The smallest absolute Gasteiger partial charge is 0.328 e. The monoisotopic (exact) mass is 589 g/mol. The maximum absolute atomic E-state index is 12.1. The molecule has 5 aromatic rings. The Kier molecular flexibility index (Phi) is 7.32. The highest BCUT2D eigenvalue weighted by Gasteiger charge is 2.27. The van der Waals surface area contributed by atoms with Crippen molar-refractivity contribution >= 4 is 34.5 Å². The molecule has 2 aliphatic rings. The summed E-state index contributed by atoms with van der Waals surface area (Å²) in [5.74, 6) is 1.66. The Hall–Kier alpha value is -5.36. The van der Waals surface area contributed by atoms with E-state index in [4.69, 9.17) is 15.6 Å². The lowest BCUT2D eigenvalue weighted by Crippen LogP contribution is -2.49. The summed E-state index contributed by atoms with van der Waals surface area (Å²) in [5.41, 5.74) is 10.4. The number of nitrogens with one attached hydrogen (secondary N) is 1. The molecule has 0 atom stereocenters. The average molecular weight is 590 g/mol. The van der Waals surface area contributed by atoms with Gasteiger partial charge in [-0.3, -0.25) is 24.9 Å². The molecule has 44 heavy (non-hydrogen) atoms. The first-order valence-electron chi connectivity index (χ1n) is 14.6. The zero-order valence-electron chi connectivity index (χ0n) is 24.0. The number of hydrogen-bond acceptors (Lipinski definition) is 9. The van der Waals surface area contributed by atoms with E-state index in [-0.39, 0.29) is 18.4 Å². The maximum Gasteiger partial charge on any atom is 0.328 e. The number of aromatic nitrogens is 5. The molecule has 0 spiro atoms. The quantitative estimate of drug-likeness (QED) is 0.279. The molecule has 2 aliphatic heterocycles. The number of benzene rings is 2. The second-order valence-electron chi connectivity index (χ2n) is 11.0. The Labute approximate surface area is 253 Å². The third kappa shape index (κ3) is 5.54. The summed E-state index contributed by atoms with van der Waals surface area (Å²) in [7, 11) is 0. The van der Waals surface area contributed by atoms with Crippen LogP contribution in [0.5, 0.6) is 11.5 Å². The number of carbonyl (C=O) groups is 2. The molecular formula is C32H31N9O3. The van der Waals surface area contributed by atoms with Gasteiger partial charge in [0, 0.05) is 38.2 Å². The van der Waals surface area contributed by atoms with Crippen molar-refractivity contribution in [1.82, 2.24) is 34.9 Å². The van der Waals surface area contributed by atoms with Crippen molar-refractivity contribution in [2.45, 2.75) is 31.8 Å². The summed E-state index contributed by atoms with van der Waals surface area (Å²) >= 11 is 0. The van der Waals surface area contributed by atoms with Gasteiger partial charge in [-0.1, -0.05) is 18.2 Å². The van der Waals surface area contributed by atoms with E-state index >= 15 is 0 Å². The molecule has 3 aromatic heterocycles. The Balaban J connectivity index is 1.04. The molecule has 222 valence electrons. The van der Waals surface area contributed by atoms with Crippen molar-refractivity contribution in [1.29, 1.82) is 0 Å². The van der Waals surface area contributed by atoms with Gasteiger partial charge in [-0.05, 0) is 61.4 Å². The van der Waals surface area contributed by atoms with E-state index in [1.807, 2.05) is 71.4 Å². The van der Waals surface area contributed by atoms with Crippen molar-refractivity contribution < 1.29 is 14.3 Å². The van der Waals surface area contributed by atoms with Crippen molar-refractivity contribution in [2.75, 3.05) is 30.3 Å². The lowest BCUT2D eigenvalue weighted by atomic mass is 10.0. The van der Waals surface area contributed by atoms with Crippen molar-refractivity contribution in [3.05, 3.63) is 84.9 Å². The largest absolute Gasteiger partial charge is 0.457 e. The van der Waals surface area contributed by atoms with Gasteiger partial charge in [-0.2, -0.15) is 5.10 Å². The van der Waals surface area contributed by atoms with Gasteiger partial charge in [0.1, 0.15) is 29.3 Å². The van der Waals surface area contributed by atoms with Crippen LogP contribution >= 0.6 is 0 Å². The standard InChI is InChI=1S/C32H31N9O3/c33-30-28-29(21-6-10-26(11-7-21)44-25-4-2-1-3-5-25)38-41(31(28)36-20-35-30)23-12-15-39(16-13-23)19-22-8-9-24(18-34-22)40-17-14-27(42)37-32(40)43/h1-11,18,20,23H,12-17,19H2,(H2,33,35,36)(H,37,42,43). The lowest BCUT2D eigenvalue weighted by Gasteiger charge is -2.32. The maximum atomic E-state index is 12.1. The number of fused-ring (bicyclic) bond motifs is 1. The number of piperidine rings is 1. The van der Waals surface area contributed by atoms with Crippen LogP contribution in [0.2, 0.25) is 0 Å². The third-order valence-electron chi connectivity index (χ3n) is 8.09. The molecule has 2 aromatic carbocycles. The van der Waals surface area contributed by atoms with Gasteiger partial charge in [-0.15, -0.1) is 0 Å². The Morgan fingerprint density at radius 3 is 2.39 bits per heavy atom. The number of hydrogen-bond donors (Lipinski definition) is 2. The van der Waals surface area contributed by atoms with E-state index in [2.05, 4.69) is 25.2 Å². The number of pyridine rings is 1. The van der Waals surface area contributed by atoms with Crippen molar-refractivity contribution in [2.24, 2.45) is 0 Å². The van der Waals surface area contributed by atoms with Gasteiger partial charge in [0.2, 0.25) is 5.91 Å². The SMILES string of the molecule is Nc1ncnc2c1c(-c1ccc(Oc3ccccc3)cc1)nn2C1CCN(Cc2ccc(N3CCC(=O)NC3=O)cn2)CC1. The molecule has 0 unspecified atom stereocenters. The molecule has 2 saturated heterocycles. The first kappa shape index (κ1) is 27.5. The van der Waals surface area contributed by atoms with Crippen LogP contribution in [0.1, 0.15) is 31.0 Å². The number of nitrogen functional groups attached to an aromatic ring is 1. The first-order valence-corrected chi connectivity index (χ1v) is 14.6. The van der Waals surface area contributed by atoms with Crippen molar-refractivity contribution in [3.8, 4) is 22.8 Å². The van der Waals surface area contributed by atoms with Crippen LogP contribution in [0.3, 0.4) is 0 Å². The zero-order valence-corrected chi connectivity index (χ0v) is 24.0. The molecule has 3 amide bonds. The number of ether oxygens (including phenoxy) is 1. The number of rotatable bonds is 7. The summed E-state index contributed by atoms with van der Waals surface area (Å²) in [5, 5.41) is 8.13. The van der Waals surface area contributed by atoms with Gasteiger partial charge in [-0.25, -0.2) is 19.4 Å². The lowest BCUT2D eigenvalue weighted by molar-refractivity contribution is -0.120. The van der Waals surface area contributed by atoms with E-state index in [1.165, 1.54) is 11.2 Å². The molecule has 0 radical (unpaired) electrons. The third-order valence-corrected chi connectivity index (χ3v) is 8.09. The topological polar surface area (TPSA) is 144 Å². The highest BCUT2D eigenvalue weighted by Crippen LogP contribution is 2.35. The minimum atomic E-state index is -0.409. The van der Waals surface area contributed by atoms with E-state index in [0.717, 1.165) is 65.4 Å². The van der Waals surface area contributed by atoms with Gasteiger partial charge >= 0.3 is 6.03 Å². The first-order chi connectivity index (χ1) is 21.5. The Bertz CT molecular complexity index is 1800. The van der Waals surface area contributed by atoms with Crippen LogP contribution < -0.4 is 20.7 Å². The van der Waals surface area contributed by atoms with Gasteiger partial charge in [0.25, 0.3) is 0 Å². The van der Waals surface area contributed by atoms with Crippen LogP contribution in [-0.2, 0) is 11.3 Å². The summed E-state index contributed by atoms with van der Waals surface area (Å²) < 4.78 is 7.97. The predicted molar refractivity (Wildman–Crippen MR) is 165 cm³/mol. The summed E-state index contributed by atoms with van der Waals surface area (Å²) in [4.78, 5) is 40.9. The number of nitrogens with two attached hydrogens (primary N) is 1. The van der Waals surface area contributed by atoms with E-state index in [1.54, 1.807) is 6.20 Å². The van der Waals surface area contributed by atoms with E-state index in [9.17, 15) is 9.59 Å². The second kappa shape index (κ2) is 11.7. The van der Waals surface area contributed by atoms with Crippen LogP contribution in [0.25, 0.3) is 22.3 Å². The molecule has 0 saturated carbocycles. The summed E-state index contributed by atoms with van der Waals surface area (Å²) in [6, 6.07) is 21.0. The highest BCUT2D eigenvalue weighted by molar-refractivity contribution is 6.05. The number of imide groups is 1. The fraction of sp³-hybridized carbons (Fsp3) is 0.250. The molecular weight excluding hydrogens is 558 g/mol. The fourth-order valence-corrected chi connectivity index (χ4v) is 5.79. The fourth-order valence-electron chi connectivity index (χ4n) is 5.79. The molecule has 2 fully saturated rings. The van der Waals surface area contributed by atoms with E-state index in [0.29, 0.717) is 24.6 Å². The van der Waals surface area contributed by atoms with Gasteiger partial charge < -0.3 is 10.5 Å². The minimum absolute atomic E-state index is 0.160. The zero-order chi connectivity index (χ0) is 30.0. The number of anilines is 2. The second-order valence-corrected chi connectivity index (χ2v) is 11.0. The summed E-state index contributed by atoms with van der Waals surface area (Å²) in [6.07, 6.45) is 5.25. The number of nitrogens with zero attached hydrogens (tertiary/aromatic N) is 7. The molecule has 7 rings (SSSR count). The van der Waals surface area contributed by atoms with Crippen LogP contribution in [0.15, 0.2) is 79.3 Å². The minimum Gasteiger partial charge on any atom is -0.457 e. The number of carbonyl (C=O) groups excluding carboxylic acids is 2. The van der Waals surface area contributed by atoms with E-state index < -0.39 is 6.03 Å². The molecule has 12 heteroatoms. The Morgan fingerprint density at radius 2 is 1.66 bits per heavy atom. The molecule has 0 aliphatic carbocycles. The number of likely N-dealkylation sites (tertiary alicyclic amines) is 1. The Morgan fingerprint density at radius 1 is 0.886 bits per heavy atom. The van der Waals surface area contributed by atoms with Crippen molar-refractivity contribution in [3.63, 3.8) is 0 Å².